The van der Waals surface area contributed by atoms with Crippen LogP contribution in [-0.2, 0) is 30.8 Å². The van der Waals surface area contributed by atoms with Crippen molar-refractivity contribution in [2.45, 2.75) is 26.1 Å². The van der Waals surface area contributed by atoms with Crippen LogP contribution in [0.3, 0.4) is 0 Å². The van der Waals surface area contributed by atoms with Gasteiger partial charge in [-0.3, -0.25) is 0 Å². The Kier molecular flexibility index (Phi) is 16.0. The number of benzene rings is 1. The third kappa shape index (κ3) is 14.5. The molecule has 0 heterocycles. The van der Waals surface area contributed by atoms with Crippen molar-refractivity contribution in [2.24, 2.45) is 0 Å². The quantitative estimate of drug-likeness (QED) is 0.438. The van der Waals surface area contributed by atoms with Gasteiger partial charge in [0.05, 0.1) is 12.7 Å². The average molecular weight is 347 g/mol. The third-order valence-electron chi connectivity index (χ3n) is 1.81. The van der Waals surface area contributed by atoms with Crippen molar-refractivity contribution in [1.29, 1.82) is 0 Å². The first-order valence-corrected chi connectivity index (χ1v) is 11.4. The summed E-state index contributed by atoms with van der Waals surface area (Å²) in [4.78, 5) is 10.1. The Hall–Kier alpha value is 0.434. The second-order valence-corrected chi connectivity index (χ2v) is 11.0. The molecule has 0 radical (unpaired) electrons. The predicted molar refractivity (Wildman–Crippen MR) is 75.3 cm³/mol. The molecule has 0 amide bonds. The molecule has 1 aromatic carbocycles. The average Bonchev–Trinajstić information content (AvgIpc) is 2.27. The number of halogens is 3. The molecule has 0 fully saturated rings. The van der Waals surface area contributed by atoms with Gasteiger partial charge in [0.1, 0.15) is 6.29 Å². The molecular weight excluding hydrogens is 330 g/mol. The molecule has 1 atom stereocenters. The van der Waals surface area contributed by atoms with Gasteiger partial charge in [0, 0.05) is 6.42 Å². The second-order valence-electron chi connectivity index (χ2n) is 3.22. The molecule has 102 valence electrons. The number of carbonyl (C=O) groups excluding carboxylic acids is 1. The van der Waals surface area contributed by atoms with Crippen LogP contribution in [0.1, 0.15) is 18.9 Å². The van der Waals surface area contributed by atoms with Crippen molar-refractivity contribution in [3.8, 4) is 0 Å². The summed E-state index contributed by atoms with van der Waals surface area (Å²) in [6.45, 7) is 2.48. The Morgan fingerprint density at radius 1 is 1.28 bits per heavy atom. The van der Waals surface area contributed by atoms with Gasteiger partial charge >= 0.3 is 42.6 Å². The van der Waals surface area contributed by atoms with Gasteiger partial charge in [0.25, 0.3) is 0 Å². The number of carbonyl (C=O) groups is 1. The van der Waals surface area contributed by atoms with Crippen LogP contribution in [-0.4, -0.2) is 12.4 Å². The normalized spacial score (nSPS) is 10.4. The van der Waals surface area contributed by atoms with E-state index in [2.05, 4.69) is 0 Å². The fourth-order valence-electron chi connectivity index (χ4n) is 1.02. The van der Waals surface area contributed by atoms with Crippen LogP contribution in [0.5, 0.6) is 0 Å². The van der Waals surface area contributed by atoms with Gasteiger partial charge in [-0.1, -0.05) is 30.3 Å². The van der Waals surface area contributed by atoms with Gasteiger partial charge in [0.2, 0.25) is 0 Å². The molecular formula is C12H17Cl3O2Ti. The predicted octanol–water partition coefficient (Wildman–Crippen LogP) is 4.70. The molecule has 0 aliphatic carbocycles. The fourth-order valence-corrected chi connectivity index (χ4v) is 1.02. The molecule has 6 heteroatoms. The fraction of sp³-hybridized carbons (Fsp3) is 0.333. The van der Waals surface area contributed by atoms with Crippen molar-refractivity contribution in [1.82, 2.24) is 0 Å². The molecule has 0 bridgehead atoms. The third-order valence-corrected chi connectivity index (χ3v) is 1.81. The summed E-state index contributed by atoms with van der Waals surface area (Å²) in [5, 5.41) is 0. The molecule has 0 saturated carbocycles. The van der Waals surface area contributed by atoms with Crippen molar-refractivity contribution in [2.75, 3.05) is 0 Å². The number of ether oxygens (including phenoxy) is 1. The van der Waals surface area contributed by atoms with E-state index in [1.807, 2.05) is 37.3 Å². The first kappa shape index (κ1) is 20.7. The maximum absolute atomic E-state index is 10.1. The van der Waals surface area contributed by atoms with Gasteiger partial charge in [-0.15, -0.1) is 0 Å². The van der Waals surface area contributed by atoms with Crippen LogP contribution in [0.4, 0.5) is 0 Å². The van der Waals surface area contributed by atoms with Crippen LogP contribution in [0.25, 0.3) is 0 Å². The van der Waals surface area contributed by atoms with E-state index in [-0.39, 0.29) is 13.5 Å². The summed E-state index contributed by atoms with van der Waals surface area (Å²) >= 11 is -1.92. The standard InChI is InChI=1S/C11H14O2.CH3.3ClH.Ti/c1-10(7-8-12)13-9-11-5-3-2-4-6-11;;;;;/h2-6,8,10H,7,9H2,1H3;1H3;3*1H;/q;-1;;;;+4/p-3/t10-;;;;;/m0...../s1. The minimum atomic E-state index is -1.92. The van der Waals surface area contributed by atoms with Gasteiger partial charge < -0.3 is 17.0 Å². The molecule has 0 aliphatic rings. The maximum atomic E-state index is 10.1. The Morgan fingerprint density at radius 3 is 2.22 bits per heavy atom. The summed E-state index contributed by atoms with van der Waals surface area (Å²) in [6.07, 6.45) is 1.36. The van der Waals surface area contributed by atoms with Crippen molar-refractivity contribution >= 4 is 34.2 Å². The van der Waals surface area contributed by atoms with Crippen LogP contribution >= 0.6 is 27.9 Å². The molecule has 0 aliphatic heterocycles. The van der Waals surface area contributed by atoms with Crippen LogP contribution < -0.4 is 0 Å². The van der Waals surface area contributed by atoms with Gasteiger partial charge in [-0.25, -0.2) is 0 Å². The van der Waals surface area contributed by atoms with E-state index in [1.165, 1.54) is 0 Å². The van der Waals surface area contributed by atoms with E-state index in [9.17, 15) is 4.79 Å². The summed E-state index contributed by atoms with van der Waals surface area (Å²) in [7, 11) is 14.9. The number of aldehydes is 1. The zero-order valence-corrected chi connectivity index (χ0v) is 14.2. The Bertz CT molecular complexity index is 294. The molecule has 0 unspecified atom stereocenters. The summed E-state index contributed by atoms with van der Waals surface area (Å²) in [6, 6.07) is 9.94. The Balaban J connectivity index is 0. The Morgan fingerprint density at radius 2 is 1.78 bits per heavy atom. The van der Waals surface area contributed by atoms with E-state index in [0.29, 0.717) is 13.0 Å². The first-order valence-electron chi connectivity index (χ1n) is 4.99. The van der Waals surface area contributed by atoms with Gasteiger partial charge in [-0.2, -0.15) is 0 Å². The number of hydrogen-bond donors (Lipinski definition) is 0. The van der Waals surface area contributed by atoms with Crippen LogP contribution in [0.15, 0.2) is 30.3 Å². The van der Waals surface area contributed by atoms with E-state index in [4.69, 9.17) is 32.7 Å². The van der Waals surface area contributed by atoms with Crippen molar-refractivity contribution < 1.29 is 24.2 Å². The minimum absolute atomic E-state index is 0. The van der Waals surface area contributed by atoms with Gasteiger partial charge in [0.15, 0.2) is 0 Å². The number of hydrogen-bond acceptors (Lipinski definition) is 2. The van der Waals surface area contributed by atoms with E-state index < -0.39 is 14.7 Å². The molecule has 1 aromatic rings. The summed E-state index contributed by atoms with van der Waals surface area (Å²) in [5.41, 5.74) is 1.14. The topological polar surface area (TPSA) is 26.3 Å². The van der Waals surface area contributed by atoms with Crippen molar-refractivity contribution in [3.63, 3.8) is 0 Å². The van der Waals surface area contributed by atoms with Crippen LogP contribution in [0, 0.1) is 7.43 Å². The SMILES string of the molecule is C[C@@H](CC=O)OCc1ccccc1.[CH3-].[Cl][Ti+]([Cl])[Cl]. The van der Waals surface area contributed by atoms with E-state index in [1.54, 1.807) is 0 Å². The molecule has 0 N–H and O–H groups in total. The summed E-state index contributed by atoms with van der Waals surface area (Å²) < 4.78 is 5.44. The molecule has 2 nitrogen and oxygen atoms in total. The van der Waals surface area contributed by atoms with Gasteiger partial charge in [-0.05, 0) is 12.5 Å². The number of rotatable bonds is 5. The molecule has 18 heavy (non-hydrogen) atoms. The molecule has 0 spiro atoms. The van der Waals surface area contributed by atoms with E-state index in [0.717, 1.165) is 11.8 Å². The zero-order valence-electron chi connectivity index (χ0n) is 10.4. The molecule has 1 rings (SSSR count). The molecule has 0 aromatic heterocycles. The zero-order chi connectivity index (χ0) is 13.1. The van der Waals surface area contributed by atoms with Crippen LogP contribution in [0.2, 0.25) is 0 Å². The second kappa shape index (κ2) is 13.9. The first-order chi connectivity index (χ1) is 8.06. The monoisotopic (exact) mass is 346 g/mol. The Labute approximate surface area is 127 Å². The molecule has 0 saturated heterocycles. The van der Waals surface area contributed by atoms with Crippen molar-refractivity contribution in [3.05, 3.63) is 43.3 Å². The van der Waals surface area contributed by atoms with E-state index >= 15 is 0 Å². The summed E-state index contributed by atoms with van der Waals surface area (Å²) in [5.74, 6) is 0.